The number of hydrogen-bond donors (Lipinski definition) is 1. The summed E-state index contributed by atoms with van der Waals surface area (Å²) < 4.78 is 24.2. The summed E-state index contributed by atoms with van der Waals surface area (Å²) in [6.07, 6.45) is 0. The lowest BCUT2D eigenvalue weighted by molar-refractivity contribution is -0.147. The van der Waals surface area contributed by atoms with E-state index in [1.54, 1.807) is 25.1 Å². The van der Waals surface area contributed by atoms with Gasteiger partial charge in [0.15, 0.2) is 6.04 Å². The van der Waals surface area contributed by atoms with Gasteiger partial charge in [-0.25, -0.2) is 9.18 Å². The van der Waals surface area contributed by atoms with Crippen molar-refractivity contribution in [2.75, 3.05) is 21.3 Å². The fourth-order valence-electron chi connectivity index (χ4n) is 2.93. The van der Waals surface area contributed by atoms with Crippen LogP contribution in [0.15, 0.2) is 41.6 Å². The molecule has 0 aliphatic carbocycles. The van der Waals surface area contributed by atoms with Crippen LogP contribution in [-0.4, -0.2) is 33.0 Å². The molecule has 2 aromatic rings. The highest BCUT2D eigenvalue weighted by Gasteiger charge is 2.25. The summed E-state index contributed by atoms with van der Waals surface area (Å²) >= 11 is 0. The van der Waals surface area contributed by atoms with Gasteiger partial charge in [0.05, 0.1) is 32.6 Å². The lowest BCUT2D eigenvalue weighted by Crippen LogP contribution is -2.30. The Morgan fingerprint density at radius 3 is 2.55 bits per heavy atom. The summed E-state index contributed by atoms with van der Waals surface area (Å²) in [5.74, 6) is -0.600. The molecule has 29 heavy (non-hydrogen) atoms. The molecule has 0 aliphatic rings. The molecule has 1 N–H and O–H groups in total. The number of aryl methyl sites for hydroxylation is 1. The first-order valence-corrected chi connectivity index (χ1v) is 8.88. The van der Waals surface area contributed by atoms with Crippen LogP contribution in [0.25, 0.3) is 0 Å². The van der Waals surface area contributed by atoms with E-state index in [4.69, 9.17) is 19.1 Å². The first-order valence-electron chi connectivity index (χ1n) is 8.88. The second-order valence-corrected chi connectivity index (χ2v) is 6.19. The number of nitrogens with zero attached hydrogens (tertiary/aromatic N) is 1. The second-order valence-electron chi connectivity index (χ2n) is 6.19. The molecule has 1 unspecified atom stereocenters. The number of esters is 1. The van der Waals surface area contributed by atoms with Gasteiger partial charge < -0.3 is 19.1 Å². The Labute approximate surface area is 169 Å². The molecule has 2 rings (SSSR count). The fourth-order valence-corrected chi connectivity index (χ4v) is 2.93. The van der Waals surface area contributed by atoms with Gasteiger partial charge in [0.1, 0.15) is 18.2 Å². The topological polar surface area (TPSA) is 78.4 Å². The Bertz CT molecular complexity index is 885. The van der Waals surface area contributed by atoms with Crippen molar-refractivity contribution in [3.05, 3.63) is 64.5 Å². The van der Waals surface area contributed by atoms with Crippen LogP contribution in [0.5, 0.6) is 5.75 Å². The lowest BCUT2D eigenvalue weighted by Gasteiger charge is -2.19. The van der Waals surface area contributed by atoms with Crippen molar-refractivity contribution in [2.45, 2.75) is 26.5 Å². The fraction of sp³-hybridized carbons (Fsp3) is 0.333. The number of halogens is 1. The molecule has 0 saturated carbocycles. The number of carbonyl (C=O) groups excluding carboxylic acids is 1. The number of benzene rings is 2. The van der Waals surface area contributed by atoms with E-state index in [2.05, 4.69) is 10.6 Å². The highest BCUT2D eigenvalue weighted by Crippen LogP contribution is 2.25. The molecular formula is C21H25FN2O5. The third-order valence-corrected chi connectivity index (χ3v) is 4.40. The van der Waals surface area contributed by atoms with Gasteiger partial charge in [0.2, 0.25) is 0 Å². The van der Waals surface area contributed by atoms with Crippen molar-refractivity contribution in [3.63, 3.8) is 0 Å². The van der Waals surface area contributed by atoms with Crippen LogP contribution in [0.2, 0.25) is 0 Å². The SMILES string of the molecule is CONC(C(=O)OC)c1cccc(C)c1CO/N=C(\C)c1c(F)cccc1OC. The quantitative estimate of drug-likeness (QED) is 0.392. The first kappa shape index (κ1) is 22.3. The van der Waals surface area contributed by atoms with Crippen molar-refractivity contribution in [1.82, 2.24) is 5.48 Å². The average molecular weight is 404 g/mol. The Balaban J connectivity index is 2.29. The summed E-state index contributed by atoms with van der Waals surface area (Å²) in [6.45, 7) is 3.58. The number of carbonyl (C=O) groups is 1. The zero-order valence-corrected chi connectivity index (χ0v) is 17.1. The molecule has 0 radical (unpaired) electrons. The number of ether oxygens (including phenoxy) is 2. The molecule has 0 aliphatic heterocycles. The third-order valence-electron chi connectivity index (χ3n) is 4.40. The number of hydrogen-bond acceptors (Lipinski definition) is 7. The number of methoxy groups -OCH3 is 2. The predicted molar refractivity (Wildman–Crippen MR) is 106 cm³/mol. The van der Waals surface area contributed by atoms with Gasteiger partial charge in [-0.3, -0.25) is 0 Å². The largest absolute Gasteiger partial charge is 0.496 e. The van der Waals surface area contributed by atoms with E-state index in [9.17, 15) is 9.18 Å². The van der Waals surface area contributed by atoms with Crippen LogP contribution in [0.3, 0.4) is 0 Å². The van der Waals surface area contributed by atoms with E-state index >= 15 is 0 Å². The molecule has 0 spiro atoms. The van der Waals surface area contributed by atoms with E-state index in [0.717, 1.165) is 11.1 Å². The maximum absolute atomic E-state index is 14.2. The normalized spacial score (nSPS) is 12.4. The Morgan fingerprint density at radius 1 is 1.17 bits per heavy atom. The molecule has 0 bridgehead atoms. The molecule has 0 heterocycles. The average Bonchev–Trinajstić information content (AvgIpc) is 2.72. The highest BCUT2D eigenvalue weighted by molar-refractivity contribution is 6.01. The van der Waals surface area contributed by atoms with Gasteiger partial charge in [0, 0.05) is 5.56 Å². The summed E-state index contributed by atoms with van der Waals surface area (Å²) in [6, 6.07) is 9.18. The second kappa shape index (κ2) is 10.5. The van der Waals surface area contributed by atoms with Crippen LogP contribution >= 0.6 is 0 Å². The minimum atomic E-state index is -0.833. The smallest absolute Gasteiger partial charge is 0.329 e. The van der Waals surface area contributed by atoms with Crippen LogP contribution in [-0.2, 0) is 25.8 Å². The molecule has 0 amide bonds. The summed E-state index contributed by atoms with van der Waals surface area (Å²) in [4.78, 5) is 22.6. The number of hydroxylamine groups is 1. The van der Waals surface area contributed by atoms with E-state index in [1.165, 1.54) is 27.4 Å². The number of rotatable bonds is 9. The highest BCUT2D eigenvalue weighted by atomic mass is 19.1. The molecule has 1 atom stereocenters. The maximum Gasteiger partial charge on any atom is 0.329 e. The number of oxime groups is 1. The molecule has 0 saturated heterocycles. The van der Waals surface area contributed by atoms with E-state index < -0.39 is 17.8 Å². The Kier molecular flexibility index (Phi) is 8.11. The molecule has 2 aromatic carbocycles. The van der Waals surface area contributed by atoms with E-state index in [0.29, 0.717) is 17.0 Å². The van der Waals surface area contributed by atoms with Crippen LogP contribution < -0.4 is 10.2 Å². The molecule has 0 fully saturated rings. The Hall–Kier alpha value is -2.97. The van der Waals surface area contributed by atoms with Gasteiger partial charge >= 0.3 is 5.97 Å². The molecule has 7 nitrogen and oxygen atoms in total. The summed E-state index contributed by atoms with van der Waals surface area (Å²) in [5.41, 5.74) is 5.46. The van der Waals surface area contributed by atoms with Gasteiger partial charge in [-0.1, -0.05) is 29.4 Å². The Morgan fingerprint density at radius 2 is 1.90 bits per heavy atom. The minimum Gasteiger partial charge on any atom is -0.496 e. The van der Waals surface area contributed by atoms with Crippen molar-refractivity contribution in [2.24, 2.45) is 5.16 Å². The van der Waals surface area contributed by atoms with E-state index in [-0.39, 0.29) is 12.2 Å². The van der Waals surface area contributed by atoms with Crippen LogP contribution in [0, 0.1) is 12.7 Å². The molecular weight excluding hydrogens is 379 g/mol. The zero-order valence-electron chi connectivity index (χ0n) is 17.1. The first-order chi connectivity index (χ1) is 13.9. The maximum atomic E-state index is 14.2. The molecule has 0 aromatic heterocycles. The van der Waals surface area contributed by atoms with Crippen molar-refractivity contribution >= 4 is 11.7 Å². The standard InChI is InChI=1S/C21H25FN2O5/c1-13-8-6-9-15(20(24-28-5)21(25)27-4)16(13)12-29-23-14(2)19-17(22)10-7-11-18(19)26-3/h6-11,20,24H,12H2,1-5H3/b23-14+. The van der Waals surface area contributed by atoms with Crippen molar-refractivity contribution < 1.29 is 28.3 Å². The summed E-state index contributed by atoms with van der Waals surface area (Å²) in [5, 5.41) is 4.04. The lowest BCUT2D eigenvalue weighted by atomic mass is 9.97. The van der Waals surface area contributed by atoms with Crippen LogP contribution in [0.4, 0.5) is 4.39 Å². The van der Waals surface area contributed by atoms with Gasteiger partial charge in [-0.05, 0) is 37.1 Å². The predicted octanol–water partition coefficient (Wildman–Crippen LogP) is 3.45. The number of nitrogens with one attached hydrogen (secondary N) is 1. The molecule has 156 valence electrons. The van der Waals surface area contributed by atoms with E-state index in [1.807, 2.05) is 19.1 Å². The summed E-state index contributed by atoms with van der Waals surface area (Å²) in [7, 11) is 4.17. The monoisotopic (exact) mass is 404 g/mol. The molecule has 8 heteroatoms. The van der Waals surface area contributed by atoms with Crippen LogP contribution in [0.1, 0.15) is 35.2 Å². The van der Waals surface area contributed by atoms with Gasteiger partial charge in [0.25, 0.3) is 0 Å². The zero-order chi connectivity index (χ0) is 21.4. The third kappa shape index (κ3) is 5.30. The van der Waals surface area contributed by atoms with Gasteiger partial charge in [-0.15, -0.1) is 0 Å². The van der Waals surface area contributed by atoms with Crippen molar-refractivity contribution in [1.29, 1.82) is 0 Å². The van der Waals surface area contributed by atoms with Gasteiger partial charge in [-0.2, -0.15) is 5.48 Å². The minimum absolute atomic E-state index is 0.0645. The van der Waals surface area contributed by atoms with Crippen molar-refractivity contribution in [3.8, 4) is 5.75 Å².